The number of hydrogen-bond acceptors (Lipinski definition) is 3. The van der Waals surface area contributed by atoms with Gasteiger partial charge in [-0.3, -0.25) is 9.80 Å². The lowest BCUT2D eigenvalue weighted by Crippen LogP contribution is -2.39. The van der Waals surface area contributed by atoms with Gasteiger partial charge < -0.3 is 9.88 Å². The first-order chi connectivity index (χ1) is 13.4. The third-order valence-electron chi connectivity index (χ3n) is 6.27. The molecule has 0 bridgehead atoms. The Labute approximate surface area is 166 Å². The monoisotopic (exact) mass is 376 g/mol. The van der Waals surface area contributed by atoms with Crippen LogP contribution in [0, 0.1) is 0 Å². The van der Waals surface area contributed by atoms with Crippen LogP contribution in [0.5, 0.6) is 0 Å². The van der Waals surface area contributed by atoms with Crippen LogP contribution in [-0.2, 0) is 17.3 Å². The van der Waals surface area contributed by atoms with Gasteiger partial charge in [0.25, 0.3) is 5.91 Å². The van der Waals surface area contributed by atoms with Gasteiger partial charge in [0.15, 0.2) is 5.71 Å². The van der Waals surface area contributed by atoms with Crippen LogP contribution >= 0.6 is 0 Å². The standard InChI is InChI=1S/C23H28N4O/c1-16-13-27(25-21(17(16)2)22(28)24-3)15-23(11-7-8-12-23)19-14-26(4)20-10-6-5-9-18(19)20/h5-6,9-10,13-14H,2,7-8,11-12,15H2,1,3-4H3,(H,24,28). The molecule has 0 unspecified atom stereocenters. The molecule has 1 aromatic heterocycles. The van der Waals surface area contributed by atoms with Crippen molar-refractivity contribution in [2.75, 3.05) is 13.6 Å². The zero-order valence-corrected chi connectivity index (χ0v) is 17.0. The number of nitrogens with one attached hydrogen (secondary N) is 1. The fourth-order valence-corrected chi connectivity index (χ4v) is 4.73. The topological polar surface area (TPSA) is 49.6 Å². The first-order valence-corrected chi connectivity index (χ1v) is 9.95. The highest BCUT2D eigenvalue weighted by atomic mass is 16.1. The van der Waals surface area contributed by atoms with E-state index in [2.05, 4.69) is 59.1 Å². The molecule has 0 spiro atoms. The van der Waals surface area contributed by atoms with Crippen LogP contribution < -0.4 is 5.32 Å². The number of hydrazone groups is 1. The lowest BCUT2D eigenvalue weighted by molar-refractivity contribution is -0.114. The minimum atomic E-state index is -0.187. The number of para-hydroxylation sites is 1. The van der Waals surface area contributed by atoms with E-state index < -0.39 is 0 Å². The number of benzene rings is 1. The van der Waals surface area contributed by atoms with E-state index >= 15 is 0 Å². The Balaban J connectivity index is 1.76. The summed E-state index contributed by atoms with van der Waals surface area (Å²) >= 11 is 0. The third kappa shape index (κ3) is 2.95. The van der Waals surface area contributed by atoms with E-state index in [-0.39, 0.29) is 11.3 Å². The van der Waals surface area contributed by atoms with Crippen molar-refractivity contribution in [2.45, 2.75) is 38.0 Å². The molecule has 0 saturated heterocycles. The molecule has 0 radical (unpaired) electrons. The van der Waals surface area contributed by atoms with Gasteiger partial charge in [-0.05, 0) is 37.0 Å². The van der Waals surface area contributed by atoms with Crippen LogP contribution in [-0.4, -0.2) is 34.8 Å². The Kier molecular flexibility index (Phi) is 4.61. The van der Waals surface area contributed by atoms with Gasteiger partial charge in [-0.15, -0.1) is 0 Å². The van der Waals surface area contributed by atoms with E-state index in [9.17, 15) is 4.79 Å². The van der Waals surface area contributed by atoms with Gasteiger partial charge in [0.1, 0.15) is 0 Å². The highest BCUT2D eigenvalue weighted by molar-refractivity contribution is 6.46. The molecule has 1 saturated carbocycles. The molecule has 0 atom stereocenters. The summed E-state index contributed by atoms with van der Waals surface area (Å²) in [5, 5.41) is 10.6. The molecule has 146 valence electrons. The van der Waals surface area contributed by atoms with Crippen molar-refractivity contribution in [2.24, 2.45) is 12.1 Å². The number of carbonyl (C=O) groups is 1. The molecule has 5 heteroatoms. The maximum absolute atomic E-state index is 12.3. The molecule has 28 heavy (non-hydrogen) atoms. The lowest BCUT2D eigenvalue weighted by atomic mass is 9.78. The summed E-state index contributed by atoms with van der Waals surface area (Å²) in [4.78, 5) is 12.3. The Morgan fingerprint density at radius 3 is 2.71 bits per heavy atom. The SMILES string of the molecule is C=C1C(C)=CN(CC2(c3cn(C)c4ccccc34)CCCC2)N=C1C(=O)NC. The number of carbonyl (C=O) groups excluding carboxylic acids is 1. The summed E-state index contributed by atoms with van der Waals surface area (Å²) in [6, 6.07) is 8.61. The molecule has 1 aliphatic carbocycles. The number of hydrogen-bond donors (Lipinski definition) is 1. The van der Waals surface area contributed by atoms with Crippen LogP contribution in [0.15, 0.2) is 59.5 Å². The minimum absolute atomic E-state index is 0.0353. The molecular formula is C23H28N4O. The maximum atomic E-state index is 12.3. The summed E-state index contributed by atoms with van der Waals surface area (Å²) in [7, 11) is 3.75. The number of aryl methyl sites for hydroxylation is 1. The number of rotatable bonds is 4. The smallest absolute Gasteiger partial charge is 0.272 e. The number of nitrogens with zero attached hydrogens (tertiary/aromatic N) is 3. The summed E-state index contributed by atoms with van der Waals surface area (Å²) in [5.74, 6) is -0.187. The Morgan fingerprint density at radius 1 is 1.29 bits per heavy atom. The van der Waals surface area contributed by atoms with Crippen molar-refractivity contribution in [3.8, 4) is 0 Å². The number of allylic oxidation sites excluding steroid dienone is 1. The van der Waals surface area contributed by atoms with E-state index in [1.54, 1.807) is 7.05 Å². The predicted octanol–water partition coefficient (Wildman–Crippen LogP) is 3.87. The van der Waals surface area contributed by atoms with E-state index in [0.29, 0.717) is 11.3 Å². The maximum Gasteiger partial charge on any atom is 0.272 e. The molecule has 5 nitrogen and oxygen atoms in total. The second-order valence-corrected chi connectivity index (χ2v) is 8.07. The van der Waals surface area contributed by atoms with Gasteiger partial charge in [-0.2, -0.15) is 5.10 Å². The molecule has 1 fully saturated rings. The number of fused-ring (bicyclic) bond motifs is 1. The zero-order valence-electron chi connectivity index (χ0n) is 17.0. The minimum Gasteiger partial charge on any atom is -0.354 e. The summed E-state index contributed by atoms with van der Waals surface area (Å²) in [6.07, 6.45) is 9.03. The Hall–Kier alpha value is -2.82. The first-order valence-electron chi connectivity index (χ1n) is 9.95. The first kappa shape index (κ1) is 18.5. The summed E-state index contributed by atoms with van der Waals surface area (Å²) in [6.45, 7) is 6.80. The zero-order chi connectivity index (χ0) is 19.9. The second kappa shape index (κ2) is 6.97. The van der Waals surface area contributed by atoms with E-state index in [0.717, 1.165) is 25.0 Å². The number of aromatic nitrogens is 1. The lowest BCUT2D eigenvalue weighted by Gasteiger charge is -2.35. The highest BCUT2D eigenvalue weighted by Crippen LogP contribution is 2.45. The molecule has 1 amide bonds. The molecule has 1 aliphatic heterocycles. The van der Waals surface area contributed by atoms with Crippen molar-refractivity contribution in [1.82, 2.24) is 14.9 Å². The fraction of sp³-hybridized carbons (Fsp3) is 0.391. The van der Waals surface area contributed by atoms with Crippen LogP contribution in [0.2, 0.25) is 0 Å². The van der Waals surface area contributed by atoms with Crippen LogP contribution in [0.25, 0.3) is 10.9 Å². The van der Waals surface area contributed by atoms with Crippen LogP contribution in [0.3, 0.4) is 0 Å². The molecule has 2 heterocycles. The van der Waals surface area contributed by atoms with Crippen molar-refractivity contribution < 1.29 is 4.79 Å². The van der Waals surface area contributed by atoms with E-state index in [1.807, 2.05) is 18.1 Å². The molecule has 2 aliphatic rings. The van der Waals surface area contributed by atoms with Crippen LogP contribution in [0.4, 0.5) is 0 Å². The van der Waals surface area contributed by atoms with Crippen molar-refractivity contribution >= 4 is 22.5 Å². The third-order valence-corrected chi connectivity index (χ3v) is 6.27. The predicted molar refractivity (Wildman–Crippen MR) is 114 cm³/mol. The van der Waals surface area contributed by atoms with E-state index in [4.69, 9.17) is 0 Å². The largest absolute Gasteiger partial charge is 0.354 e. The fourth-order valence-electron chi connectivity index (χ4n) is 4.73. The van der Waals surface area contributed by atoms with Gasteiger partial charge in [-0.1, -0.05) is 37.6 Å². The van der Waals surface area contributed by atoms with Crippen molar-refractivity contribution in [3.05, 3.63) is 60.0 Å². The van der Waals surface area contributed by atoms with Gasteiger partial charge in [0, 0.05) is 48.4 Å². The van der Waals surface area contributed by atoms with Crippen molar-refractivity contribution in [1.29, 1.82) is 0 Å². The Bertz CT molecular complexity index is 1000. The quantitative estimate of drug-likeness (QED) is 0.881. The molecule has 4 rings (SSSR count). The second-order valence-electron chi connectivity index (χ2n) is 8.07. The normalized spacial score (nSPS) is 19.0. The molecule has 1 N–H and O–H groups in total. The average Bonchev–Trinajstić information content (AvgIpc) is 3.30. The van der Waals surface area contributed by atoms with Crippen LogP contribution in [0.1, 0.15) is 38.2 Å². The van der Waals surface area contributed by atoms with E-state index in [1.165, 1.54) is 29.3 Å². The average molecular weight is 377 g/mol. The highest BCUT2D eigenvalue weighted by Gasteiger charge is 2.40. The summed E-state index contributed by atoms with van der Waals surface area (Å²) in [5.41, 5.74) is 4.79. The van der Waals surface area contributed by atoms with Gasteiger partial charge in [0.2, 0.25) is 0 Å². The van der Waals surface area contributed by atoms with Crippen molar-refractivity contribution in [3.63, 3.8) is 0 Å². The molecular weight excluding hydrogens is 348 g/mol. The van der Waals surface area contributed by atoms with Gasteiger partial charge >= 0.3 is 0 Å². The number of amides is 1. The summed E-state index contributed by atoms with van der Waals surface area (Å²) < 4.78 is 2.23. The molecule has 1 aromatic carbocycles. The Morgan fingerprint density at radius 2 is 2.00 bits per heavy atom. The van der Waals surface area contributed by atoms with Gasteiger partial charge in [0.05, 0.1) is 6.54 Å². The molecule has 2 aromatic rings. The van der Waals surface area contributed by atoms with Gasteiger partial charge in [-0.25, -0.2) is 0 Å².